The third-order valence-electron chi connectivity index (χ3n) is 4.48. The fraction of sp³-hybridized carbons (Fsp3) is 0.588. The van der Waals surface area contributed by atoms with E-state index in [0.717, 1.165) is 42.6 Å². The zero-order valence-electron chi connectivity index (χ0n) is 13.0. The van der Waals surface area contributed by atoms with Crippen molar-refractivity contribution >= 4 is 16.8 Å². The summed E-state index contributed by atoms with van der Waals surface area (Å²) < 4.78 is 5.32. The molecule has 0 bridgehead atoms. The highest BCUT2D eigenvalue weighted by Crippen LogP contribution is 2.46. The smallest absolute Gasteiger partial charge is 0.177 e. The maximum atomic E-state index is 10.1. The average Bonchev–Trinajstić information content (AvgIpc) is 2.77. The van der Waals surface area contributed by atoms with Gasteiger partial charge in [-0.15, -0.1) is 0 Å². The molecular weight excluding hydrogens is 264 g/mol. The SMILES string of the molecule is CC1(C)CC(O)CC(C)(CNc2noc3ccccc23)C1. The Bertz CT molecular complexity index is 635. The van der Waals surface area contributed by atoms with Gasteiger partial charge in [0, 0.05) is 6.54 Å². The Morgan fingerprint density at radius 3 is 2.81 bits per heavy atom. The molecule has 1 aliphatic rings. The summed E-state index contributed by atoms with van der Waals surface area (Å²) in [5.41, 5.74) is 1.05. The second kappa shape index (κ2) is 5.02. The van der Waals surface area contributed by atoms with Crippen molar-refractivity contribution in [1.82, 2.24) is 5.16 Å². The fourth-order valence-electron chi connectivity index (χ4n) is 4.02. The third kappa shape index (κ3) is 3.05. The largest absolute Gasteiger partial charge is 0.393 e. The summed E-state index contributed by atoms with van der Waals surface area (Å²) in [6, 6.07) is 7.86. The number of hydrogen-bond acceptors (Lipinski definition) is 4. The number of nitrogens with one attached hydrogen (secondary N) is 1. The maximum Gasteiger partial charge on any atom is 0.177 e. The molecule has 0 aliphatic heterocycles. The van der Waals surface area contributed by atoms with Gasteiger partial charge in [-0.05, 0) is 42.2 Å². The van der Waals surface area contributed by atoms with E-state index in [1.54, 1.807) is 0 Å². The van der Waals surface area contributed by atoms with E-state index in [1.807, 2.05) is 24.3 Å². The van der Waals surface area contributed by atoms with Gasteiger partial charge in [0.2, 0.25) is 0 Å². The summed E-state index contributed by atoms with van der Waals surface area (Å²) in [5, 5.41) is 18.7. The molecule has 2 atom stereocenters. The van der Waals surface area contributed by atoms with Crippen LogP contribution in [0.5, 0.6) is 0 Å². The number of anilines is 1. The summed E-state index contributed by atoms with van der Waals surface area (Å²) in [5.74, 6) is 0.796. The number of nitrogens with zero attached hydrogens (tertiary/aromatic N) is 1. The number of aromatic nitrogens is 1. The lowest BCUT2D eigenvalue weighted by Gasteiger charge is -2.45. The molecule has 0 spiro atoms. The predicted octanol–water partition coefficient (Wildman–Crippen LogP) is 3.82. The van der Waals surface area contributed by atoms with Gasteiger partial charge in [0.25, 0.3) is 0 Å². The van der Waals surface area contributed by atoms with Gasteiger partial charge in [0.05, 0.1) is 11.5 Å². The highest BCUT2D eigenvalue weighted by molar-refractivity contribution is 5.87. The molecule has 2 unspecified atom stereocenters. The Balaban J connectivity index is 1.74. The molecule has 2 N–H and O–H groups in total. The third-order valence-corrected chi connectivity index (χ3v) is 4.48. The van der Waals surface area contributed by atoms with Crippen LogP contribution in [0.25, 0.3) is 11.0 Å². The number of aliphatic hydroxyl groups is 1. The van der Waals surface area contributed by atoms with Crippen LogP contribution in [0.4, 0.5) is 5.82 Å². The Labute approximate surface area is 125 Å². The topological polar surface area (TPSA) is 58.3 Å². The first-order valence-corrected chi connectivity index (χ1v) is 7.63. The Morgan fingerprint density at radius 1 is 1.29 bits per heavy atom. The molecule has 4 heteroatoms. The van der Waals surface area contributed by atoms with Crippen LogP contribution in [-0.2, 0) is 0 Å². The molecule has 0 amide bonds. The van der Waals surface area contributed by atoms with E-state index in [-0.39, 0.29) is 16.9 Å². The number of hydrogen-bond donors (Lipinski definition) is 2. The van der Waals surface area contributed by atoms with Gasteiger partial charge in [-0.1, -0.05) is 38.1 Å². The van der Waals surface area contributed by atoms with Crippen molar-refractivity contribution in [2.45, 2.75) is 46.1 Å². The second-order valence-electron chi connectivity index (χ2n) is 7.59. The summed E-state index contributed by atoms with van der Waals surface area (Å²) in [4.78, 5) is 0. The molecule has 1 aromatic heterocycles. The number of rotatable bonds is 3. The van der Waals surface area contributed by atoms with Crippen LogP contribution in [0.15, 0.2) is 28.8 Å². The van der Waals surface area contributed by atoms with Crippen LogP contribution in [0.3, 0.4) is 0 Å². The molecule has 4 nitrogen and oxygen atoms in total. The average molecular weight is 288 g/mol. The summed E-state index contributed by atoms with van der Waals surface area (Å²) in [6.07, 6.45) is 2.60. The van der Waals surface area contributed by atoms with Crippen molar-refractivity contribution < 1.29 is 9.63 Å². The molecule has 2 aromatic rings. The lowest BCUT2D eigenvalue weighted by molar-refractivity contribution is -0.00320. The minimum Gasteiger partial charge on any atom is -0.393 e. The molecule has 1 heterocycles. The van der Waals surface area contributed by atoms with Crippen molar-refractivity contribution in [1.29, 1.82) is 0 Å². The summed E-state index contributed by atoms with van der Waals surface area (Å²) in [7, 11) is 0. The quantitative estimate of drug-likeness (QED) is 0.901. The minimum atomic E-state index is -0.213. The van der Waals surface area contributed by atoms with Gasteiger partial charge in [0.15, 0.2) is 11.4 Å². The van der Waals surface area contributed by atoms with Crippen LogP contribution < -0.4 is 5.32 Å². The van der Waals surface area contributed by atoms with Crippen LogP contribution in [0.1, 0.15) is 40.0 Å². The van der Waals surface area contributed by atoms with Gasteiger partial charge in [-0.3, -0.25) is 0 Å². The lowest BCUT2D eigenvalue weighted by atomic mass is 9.63. The van der Waals surface area contributed by atoms with Gasteiger partial charge in [0.1, 0.15) is 0 Å². The summed E-state index contributed by atoms with van der Waals surface area (Å²) >= 11 is 0. The molecule has 1 fully saturated rings. The maximum absolute atomic E-state index is 10.1. The monoisotopic (exact) mass is 288 g/mol. The van der Waals surface area contributed by atoms with E-state index in [0.29, 0.717) is 0 Å². The number of aliphatic hydroxyl groups excluding tert-OH is 1. The zero-order chi connectivity index (χ0) is 15.1. The van der Waals surface area contributed by atoms with E-state index in [2.05, 4.69) is 31.2 Å². The van der Waals surface area contributed by atoms with Gasteiger partial charge in [-0.25, -0.2) is 0 Å². The van der Waals surface area contributed by atoms with Gasteiger partial charge < -0.3 is 14.9 Å². The van der Waals surface area contributed by atoms with Crippen molar-refractivity contribution in [3.8, 4) is 0 Å². The van der Waals surface area contributed by atoms with Crippen molar-refractivity contribution in [2.24, 2.45) is 10.8 Å². The van der Waals surface area contributed by atoms with Crippen molar-refractivity contribution in [3.05, 3.63) is 24.3 Å². The highest BCUT2D eigenvalue weighted by atomic mass is 16.5. The van der Waals surface area contributed by atoms with E-state index in [4.69, 9.17) is 4.52 Å². The molecule has 21 heavy (non-hydrogen) atoms. The first-order chi connectivity index (χ1) is 9.87. The van der Waals surface area contributed by atoms with Crippen LogP contribution >= 0.6 is 0 Å². The first-order valence-electron chi connectivity index (χ1n) is 7.63. The van der Waals surface area contributed by atoms with Gasteiger partial charge >= 0.3 is 0 Å². The fourth-order valence-corrected chi connectivity index (χ4v) is 4.02. The lowest BCUT2D eigenvalue weighted by Crippen LogP contribution is -2.42. The Morgan fingerprint density at radius 2 is 2.05 bits per heavy atom. The molecule has 1 aromatic carbocycles. The van der Waals surface area contributed by atoms with E-state index < -0.39 is 0 Å². The molecule has 1 aliphatic carbocycles. The molecule has 3 rings (SSSR count). The van der Waals surface area contributed by atoms with Crippen LogP contribution in [-0.4, -0.2) is 22.9 Å². The highest BCUT2D eigenvalue weighted by Gasteiger charge is 2.40. The van der Waals surface area contributed by atoms with E-state index >= 15 is 0 Å². The molecular formula is C17H24N2O2. The van der Waals surface area contributed by atoms with Crippen LogP contribution in [0, 0.1) is 10.8 Å². The standard InChI is InChI=1S/C17H24N2O2/c1-16(2)8-12(20)9-17(3,10-16)11-18-15-13-6-4-5-7-14(13)21-19-15/h4-7,12,20H,8-11H2,1-3H3,(H,18,19). The van der Waals surface area contributed by atoms with E-state index in [9.17, 15) is 5.11 Å². The summed E-state index contributed by atoms with van der Waals surface area (Å²) in [6.45, 7) is 7.51. The van der Waals surface area contributed by atoms with E-state index in [1.165, 1.54) is 0 Å². The van der Waals surface area contributed by atoms with Gasteiger partial charge in [-0.2, -0.15) is 0 Å². The van der Waals surface area contributed by atoms with Crippen molar-refractivity contribution in [2.75, 3.05) is 11.9 Å². The Hall–Kier alpha value is -1.55. The van der Waals surface area contributed by atoms with Crippen molar-refractivity contribution in [3.63, 3.8) is 0 Å². The number of fused-ring (bicyclic) bond motifs is 1. The van der Waals surface area contributed by atoms with Crippen LogP contribution in [0.2, 0.25) is 0 Å². The normalized spacial score (nSPS) is 28.7. The molecule has 0 saturated heterocycles. The first kappa shape index (κ1) is 14.4. The Kier molecular flexibility index (Phi) is 3.44. The predicted molar refractivity (Wildman–Crippen MR) is 84.2 cm³/mol. The number of para-hydroxylation sites is 1. The zero-order valence-corrected chi connectivity index (χ0v) is 13.0. The minimum absolute atomic E-state index is 0.0707. The number of benzene rings is 1. The molecule has 1 saturated carbocycles. The second-order valence-corrected chi connectivity index (χ2v) is 7.59. The molecule has 0 radical (unpaired) electrons. The molecule has 114 valence electrons.